The van der Waals surface area contributed by atoms with Crippen LogP contribution >= 0.6 is 0 Å². The number of primary amides is 1. The van der Waals surface area contributed by atoms with E-state index in [1.54, 1.807) is 18.5 Å². The number of hydrogen-bond donors (Lipinski definition) is 3. The first-order valence-corrected chi connectivity index (χ1v) is 9.49. The number of aliphatic imine (C=N–C) groups is 1. The number of fused-ring (bicyclic) bond motifs is 1. The number of carbonyl (C=O) groups excluding carboxylic acids is 2. The number of H-pyrrole nitrogens is 1. The van der Waals surface area contributed by atoms with Crippen LogP contribution in [0.5, 0.6) is 0 Å². The Balaban J connectivity index is 1.49. The highest BCUT2D eigenvalue weighted by atomic mass is 16.2. The summed E-state index contributed by atoms with van der Waals surface area (Å²) in [6.45, 7) is 2.48. The Morgan fingerprint density at radius 3 is 2.82 bits per heavy atom. The van der Waals surface area contributed by atoms with Gasteiger partial charge in [0.15, 0.2) is 5.78 Å². The zero-order valence-corrected chi connectivity index (χ0v) is 15.6. The maximum Gasteiger partial charge on any atom is 0.316 e. The van der Waals surface area contributed by atoms with E-state index in [0.717, 1.165) is 35.6 Å². The SMILES string of the molecule is NC(=O)Nc1ccc2c(c1)C(=Cc1cc(C(=O)CN3CCCCC3)c[nH]1)C=N2. The monoisotopic (exact) mass is 377 g/mol. The molecule has 0 saturated carbocycles. The minimum atomic E-state index is -0.606. The number of nitrogens with zero attached hydrogens (tertiary/aromatic N) is 2. The number of benzene rings is 1. The Kier molecular flexibility index (Phi) is 5.08. The maximum absolute atomic E-state index is 12.5. The van der Waals surface area contributed by atoms with Crippen LogP contribution in [0.15, 0.2) is 35.5 Å². The minimum Gasteiger partial charge on any atom is -0.361 e. The first-order chi connectivity index (χ1) is 13.6. The first kappa shape index (κ1) is 18.2. The van der Waals surface area contributed by atoms with Crippen LogP contribution in [0.25, 0.3) is 11.6 Å². The summed E-state index contributed by atoms with van der Waals surface area (Å²) in [5.74, 6) is 0.135. The third-order valence-electron chi connectivity index (χ3n) is 5.07. The number of ketones is 1. The van der Waals surface area contributed by atoms with E-state index in [-0.39, 0.29) is 5.78 Å². The standard InChI is InChI=1S/C21H23N5O2/c22-21(28)25-16-4-5-19-18(10-16)14(11-24-19)8-17-9-15(12-23-17)20(27)13-26-6-2-1-3-7-26/h4-5,8-12,23H,1-3,6-7,13H2,(H3,22,25,28). The van der Waals surface area contributed by atoms with E-state index in [9.17, 15) is 9.59 Å². The first-order valence-electron chi connectivity index (χ1n) is 9.49. The molecule has 2 aromatic rings. The second kappa shape index (κ2) is 7.82. The minimum absolute atomic E-state index is 0.135. The average molecular weight is 377 g/mol. The summed E-state index contributed by atoms with van der Waals surface area (Å²) in [6, 6.07) is 6.70. The molecule has 0 spiro atoms. The number of hydrogen-bond acceptors (Lipinski definition) is 4. The van der Waals surface area contributed by atoms with Gasteiger partial charge < -0.3 is 16.0 Å². The summed E-state index contributed by atoms with van der Waals surface area (Å²) in [7, 11) is 0. The van der Waals surface area contributed by atoms with E-state index in [4.69, 9.17) is 5.73 Å². The molecule has 3 heterocycles. The quantitative estimate of drug-likeness (QED) is 0.695. The molecule has 144 valence electrons. The molecule has 0 radical (unpaired) electrons. The number of urea groups is 1. The molecule has 2 aliphatic rings. The van der Waals surface area contributed by atoms with Gasteiger partial charge in [-0.3, -0.25) is 14.7 Å². The lowest BCUT2D eigenvalue weighted by Gasteiger charge is -2.25. The molecule has 2 aliphatic heterocycles. The predicted molar refractivity (Wildman–Crippen MR) is 111 cm³/mol. The van der Waals surface area contributed by atoms with Gasteiger partial charge in [0.2, 0.25) is 0 Å². The lowest BCUT2D eigenvalue weighted by atomic mass is 10.0. The molecule has 4 rings (SSSR count). The van der Waals surface area contributed by atoms with Gasteiger partial charge in [-0.2, -0.15) is 0 Å². The highest BCUT2D eigenvalue weighted by molar-refractivity contribution is 6.21. The van der Waals surface area contributed by atoms with E-state index in [1.807, 2.05) is 24.3 Å². The van der Waals surface area contributed by atoms with Crippen LogP contribution in [0.2, 0.25) is 0 Å². The largest absolute Gasteiger partial charge is 0.361 e. The van der Waals surface area contributed by atoms with Gasteiger partial charge >= 0.3 is 6.03 Å². The van der Waals surface area contributed by atoms with Crippen molar-refractivity contribution >= 4 is 41.1 Å². The van der Waals surface area contributed by atoms with Crippen molar-refractivity contribution in [3.05, 3.63) is 47.3 Å². The van der Waals surface area contributed by atoms with Crippen molar-refractivity contribution in [1.82, 2.24) is 9.88 Å². The number of nitrogens with one attached hydrogen (secondary N) is 2. The number of amides is 2. The third kappa shape index (κ3) is 4.04. The van der Waals surface area contributed by atoms with Crippen LogP contribution in [0.1, 0.15) is 40.9 Å². The van der Waals surface area contributed by atoms with Crippen LogP contribution < -0.4 is 11.1 Å². The predicted octanol–water partition coefficient (Wildman–Crippen LogP) is 3.43. The number of allylic oxidation sites excluding steroid dienone is 1. The number of Topliss-reactive ketones (excluding diaryl/α,β-unsaturated/α-hetero) is 1. The van der Waals surface area contributed by atoms with Crippen LogP contribution in [0.4, 0.5) is 16.2 Å². The van der Waals surface area contributed by atoms with Gasteiger partial charge in [0.25, 0.3) is 0 Å². The van der Waals surface area contributed by atoms with Crippen LogP contribution in [-0.2, 0) is 0 Å². The third-order valence-corrected chi connectivity index (χ3v) is 5.07. The Hall–Kier alpha value is -3.19. The highest BCUT2D eigenvalue weighted by Gasteiger charge is 2.17. The number of piperidine rings is 1. The molecule has 28 heavy (non-hydrogen) atoms. The lowest BCUT2D eigenvalue weighted by Crippen LogP contribution is -2.34. The number of likely N-dealkylation sites (tertiary alicyclic amines) is 1. The zero-order chi connectivity index (χ0) is 19.5. The molecule has 0 aliphatic carbocycles. The van der Waals surface area contributed by atoms with Gasteiger partial charge in [0.05, 0.1) is 12.2 Å². The van der Waals surface area contributed by atoms with Crippen molar-refractivity contribution in [1.29, 1.82) is 0 Å². The maximum atomic E-state index is 12.5. The summed E-state index contributed by atoms with van der Waals surface area (Å²) in [6.07, 6.45) is 9.07. The van der Waals surface area contributed by atoms with Gasteiger partial charge in [-0.05, 0) is 56.3 Å². The van der Waals surface area contributed by atoms with Gasteiger partial charge in [-0.25, -0.2) is 4.79 Å². The molecule has 0 atom stereocenters. The van der Waals surface area contributed by atoms with Crippen molar-refractivity contribution in [3.63, 3.8) is 0 Å². The molecule has 1 fully saturated rings. The number of rotatable bonds is 5. The van der Waals surface area contributed by atoms with Crippen LogP contribution in [0, 0.1) is 0 Å². The zero-order valence-electron chi connectivity index (χ0n) is 15.6. The van der Waals surface area contributed by atoms with E-state index >= 15 is 0 Å². The fourth-order valence-corrected chi connectivity index (χ4v) is 3.66. The number of anilines is 1. The van der Waals surface area contributed by atoms with Gasteiger partial charge in [0.1, 0.15) is 0 Å². The van der Waals surface area contributed by atoms with Gasteiger partial charge in [-0.1, -0.05) is 6.42 Å². The van der Waals surface area contributed by atoms with Gasteiger partial charge in [0, 0.05) is 40.5 Å². The van der Waals surface area contributed by atoms with E-state index in [2.05, 4.69) is 20.2 Å². The van der Waals surface area contributed by atoms with E-state index in [1.165, 1.54) is 19.3 Å². The molecule has 1 aromatic carbocycles. The van der Waals surface area contributed by atoms with E-state index < -0.39 is 6.03 Å². The molecule has 0 unspecified atom stereocenters. The smallest absolute Gasteiger partial charge is 0.316 e. The number of carbonyl (C=O) groups is 2. The highest BCUT2D eigenvalue weighted by Crippen LogP contribution is 2.34. The summed E-state index contributed by atoms with van der Waals surface area (Å²) in [5, 5.41) is 2.58. The second-order valence-corrected chi connectivity index (χ2v) is 7.18. The molecule has 1 aromatic heterocycles. The van der Waals surface area contributed by atoms with Crippen molar-refractivity contribution in [2.75, 3.05) is 25.0 Å². The van der Waals surface area contributed by atoms with Crippen molar-refractivity contribution in [3.8, 4) is 0 Å². The van der Waals surface area contributed by atoms with Crippen molar-refractivity contribution < 1.29 is 9.59 Å². The molecular formula is C21H23N5O2. The van der Waals surface area contributed by atoms with Gasteiger partial charge in [-0.15, -0.1) is 0 Å². The normalized spacial score (nSPS) is 17.6. The Labute approximate surface area is 163 Å². The number of aromatic amines is 1. The fraction of sp³-hybridized carbons (Fsp3) is 0.286. The molecule has 7 nitrogen and oxygen atoms in total. The number of nitrogens with two attached hydrogens (primary N) is 1. The summed E-state index contributed by atoms with van der Waals surface area (Å²) < 4.78 is 0. The molecule has 4 N–H and O–H groups in total. The van der Waals surface area contributed by atoms with Crippen molar-refractivity contribution in [2.24, 2.45) is 10.7 Å². The molecule has 2 amide bonds. The fourth-order valence-electron chi connectivity index (χ4n) is 3.66. The van der Waals surface area contributed by atoms with E-state index in [0.29, 0.717) is 17.8 Å². The molecular weight excluding hydrogens is 354 g/mol. The summed E-state index contributed by atoms with van der Waals surface area (Å²) >= 11 is 0. The topological polar surface area (TPSA) is 104 Å². The second-order valence-electron chi connectivity index (χ2n) is 7.18. The Morgan fingerprint density at radius 2 is 2.04 bits per heavy atom. The van der Waals surface area contributed by atoms with Crippen LogP contribution in [-0.4, -0.2) is 47.5 Å². The Morgan fingerprint density at radius 1 is 1.21 bits per heavy atom. The average Bonchev–Trinajstić information content (AvgIpc) is 3.30. The molecule has 1 saturated heterocycles. The molecule has 7 heteroatoms. The summed E-state index contributed by atoms with van der Waals surface area (Å²) in [5.41, 5.74) is 9.97. The van der Waals surface area contributed by atoms with Crippen LogP contribution in [0.3, 0.4) is 0 Å². The van der Waals surface area contributed by atoms with Crippen molar-refractivity contribution in [2.45, 2.75) is 19.3 Å². The number of aromatic nitrogens is 1. The summed E-state index contributed by atoms with van der Waals surface area (Å²) in [4.78, 5) is 33.4. The Bertz CT molecular complexity index is 967. The molecule has 0 bridgehead atoms. The lowest BCUT2D eigenvalue weighted by molar-refractivity contribution is 0.0916.